The van der Waals surface area contributed by atoms with Crippen molar-refractivity contribution in [2.24, 2.45) is 0 Å². The van der Waals surface area contributed by atoms with Crippen molar-refractivity contribution in [2.75, 3.05) is 47.1 Å². The molecule has 3 amide bonds. The molecule has 3 aliphatic heterocycles. The number of ether oxygens (including phenoxy) is 3. The van der Waals surface area contributed by atoms with Crippen molar-refractivity contribution in [3.05, 3.63) is 0 Å². The van der Waals surface area contributed by atoms with Crippen molar-refractivity contribution in [3.8, 4) is 0 Å². The summed E-state index contributed by atoms with van der Waals surface area (Å²) in [4.78, 5) is 23.9. The Kier molecular flexibility index (Phi) is 4.15. The number of imide groups is 1. The Bertz CT molecular complexity index is 315. The summed E-state index contributed by atoms with van der Waals surface area (Å²) in [6.45, 7) is 3.48. The number of hydrogen-bond donors (Lipinski definition) is 0. The van der Waals surface area contributed by atoms with Gasteiger partial charge in [-0.2, -0.15) is 0 Å². The lowest BCUT2D eigenvalue weighted by molar-refractivity contribution is -0.124. The third-order valence-corrected chi connectivity index (χ3v) is 2.77. The zero-order valence-corrected chi connectivity index (χ0v) is 10.6. The van der Waals surface area contributed by atoms with Gasteiger partial charge in [-0.3, -0.25) is 9.69 Å². The third kappa shape index (κ3) is 3.94. The molecule has 7 heteroatoms. The maximum Gasteiger partial charge on any atom is 0.326 e. The summed E-state index contributed by atoms with van der Waals surface area (Å²) >= 11 is 0. The van der Waals surface area contributed by atoms with Crippen molar-refractivity contribution < 1.29 is 23.8 Å². The van der Waals surface area contributed by atoms with Gasteiger partial charge in [0.05, 0.1) is 26.4 Å². The monoisotopic (exact) mass is 258 g/mol. The number of nitrogens with zero attached hydrogens (tertiary/aromatic N) is 2. The van der Waals surface area contributed by atoms with Gasteiger partial charge in [-0.25, -0.2) is 4.79 Å². The Balaban J connectivity index is 0.000000134. The fourth-order valence-electron chi connectivity index (χ4n) is 1.40. The highest BCUT2D eigenvalue weighted by molar-refractivity contribution is 6.01. The normalized spacial score (nSPS) is 29.2. The quantitative estimate of drug-likeness (QED) is 0.493. The second-order valence-electron chi connectivity index (χ2n) is 4.54. The van der Waals surface area contributed by atoms with E-state index in [4.69, 9.17) is 14.2 Å². The number of hydrogen-bond acceptors (Lipinski definition) is 5. The Morgan fingerprint density at radius 1 is 1.17 bits per heavy atom. The van der Waals surface area contributed by atoms with E-state index in [0.717, 1.165) is 31.3 Å². The van der Waals surface area contributed by atoms with Crippen LogP contribution in [-0.2, 0) is 19.0 Å². The molecule has 0 radical (unpaired) electrons. The second kappa shape index (κ2) is 5.64. The lowest BCUT2D eigenvalue weighted by atomic mass is 10.5. The number of urea groups is 1. The molecule has 18 heavy (non-hydrogen) atoms. The molecule has 102 valence electrons. The Morgan fingerprint density at radius 3 is 1.89 bits per heavy atom. The summed E-state index contributed by atoms with van der Waals surface area (Å²) in [5.41, 5.74) is 0. The predicted molar refractivity (Wildman–Crippen MR) is 61.1 cm³/mol. The molecule has 0 aromatic carbocycles. The number of carbonyl (C=O) groups excluding carboxylic acids is 2. The average Bonchev–Trinajstić information content (AvgIpc) is 3.21. The number of carbonyl (C=O) groups is 2. The lowest BCUT2D eigenvalue weighted by Gasteiger charge is -2.05. The van der Waals surface area contributed by atoms with Crippen LogP contribution >= 0.6 is 0 Å². The van der Waals surface area contributed by atoms with Crippen LogP contribution in [0.3, 0.4) is 0 Å². The van der Waals surface area contributed by atoms with Crippen LogP contribution < -0.4 is 0 Å². The predicted octanol–water partition coefficient (Wildman–Crippen LogP) is -0.689. The van der Waals surface area contributed by atoms with Crippen LogP contribution in [0.4, 0.5) is 4.79 Å². The number of amides is 3. The topological polar surface area (TPSA) is 74.9 Å². The number of rotatable bonds is 4. The van der Waals surface area contributed by atoms with E-state index in [0.29, 0.717) is 12.2 Å². The van der Waals surface area contributed by atoms with E-state index in [9.17, 15) is 9.59 Å². The fraction of sp³-hybridized carbons (Fsp3) is 0.818. The van der Waals surface area contributed by atoms with Gasteiger partial charge in [-0.05, 0) is 0 Å². The highest BCUT2D eigenvalue weighted by atomic mass is 16.6. The minimum atomic E-state index is -0.222. The van der Waals surface area contributed by atoms with Gasteiger partial charge in [-0.1, -0.05) is 0 Å². The molecule has 0 aromatic heterocycles. The summed E-state index contributed by atoms with van der Waals surface area (Å²) in [5, 5.41) is 0. The zero-order valence-electron chi connectivity index (χ0n) is 10.6. The van der Waals surface area contributed by atoms with Crippen molar-refractivity contribution >= 4 is 11.9 Å². The van der Waals surface area contributed by atoms with E-state index in [1.54, 1.807) is 7.05 Å². The molecule has 0 saturated carbocycles. The van der Waals surface area contributed by atoms with Gasteiger partial charge in [0, 0.05) is 14.1 Å². The summed E-state index contributed by atoms with van der Waals surface area (Å²) in [5.74, 6) is -0.137. The molecule has 0 aromatic rings. The summed E-state index contributed by atoms with van der Waals surface area (Å²) < 4.78 is 15.1. The van der Waals surface area contributed by atoms with E-state index in [-0.39, 0.29) is 18.5 Å². The molecule has 7 nitrogen and oxygen atoms in total. The van der Waals surface area contributed by atoms with Crippen LogP contribution in [0.1, 0.15) is 0 Å². The van der Waals surface area contributed by atoms with Gasteiger partial charge < -0.3 is 19.1 Å². The molecular formula is C11H18N2O5. The highest BCUT2D eigenvalue weighted by Crippen LogP contribution is 2.12. The largest absolute Gasteiger partial charge is 0.376 e. The molecule has 3 aliphatic rings. The first-order valence-corrected chi connectivity index (χ1v) is 5.90. The minimum absolute atomic E-state index is 0.137. The molecule has 3 saturated heterocycles. The standard InChI is InChI=1S/C6H10O3.C5H8N2O2/c1(5-3-8-5)7-2-6-4-9-6;1-6-3-4(8)7(2)5(6)9/h5-6H,1-4H2;3H2,1-2H3. The Labute approximate surface area is 106 Å². The van der Waals surface area contributed by atoms with E-state index in [1.165, 1.54) is 11.9 Å². The van der Waals surface area contributed by atoms with Crippen LogP contribution in [0.25, 0.3) is 0 Å². The molecule has 0 aliphatic carbocycles. The summed E-state index contributed by atoms with van der Waals surface area (Å²) in [6.07, 6.45) is 0.785. The van der Waals surface area contributed by atoms with E-state index in [2.05, 4.69) is 0 Å². The van der Waals surface area contributed by atoms with Crippen molar-refractivity contribution in [3.63, 3.8) is 0 Å². The van der Waals surface area contributed by atoms with Gasteiger partial charge in [0.1, 0.15) is 18.8 Å². The van der Waals surface area contributed by atoms with Gasteiger partial charge in [0.2, 0.25) is 5.91 Å². The third-order valence-electron chi connectivity index (χ3n) is 2.77. The number of likely N-dealkylation sites (N-methyl/N-ethyl adjacent to an activating group) is 2. The minimum Gasteiger partial charge on any atom is -0.376 e. The van der Waals surface area contributed by atoms with E-state index in [1.807, 2.05) is 0 Å². The smallest absolute Gasteiger partial charge is 0.326 e. The lowest BCUT2D eigenvalue weighted by Crippen LogP contribution is -2.27. The second-order valence-corrected chi connectivity index (χ2v) is 4.54. The Morgan fingerprint density at radius 2 is 1.67 bits per heavy atom. The molecule has 2 unspecified atom stereocenters. The van der Waals surface area contributed by atoms with Gasteiger partial charge in [0.25, 0.3) is 0 Å². The van der Waals surface area contributed by atoms with Crippen LogP contribution in [0.2, 0.25) is 0 Å². The van der Waals surface area contributed by atoms with Gasteiger partial charge >= 0.3 is 6.03 Å². The molecular weight excluding hydrogens is 240 g/mol. The average molecular weight is 258 g/mol. The first-order valence-electron chi connectivity index (χ1n) is 5.90. The van der Waals surface area contributed by atoms with E-state index < -0.39 is 0 Å². The summed E-state index contributed by atoms with van der Waals surface area (Å²) in [7, 11) is 3.08. The first-order chi connectivity index (χ1) is 8.58. The van der Waals surface area contributed by atoms with Crippen molar-refractivity contribution in [1.29, 1.82) is 0 Å². The fourth-order valence-corrected chi connectivity index (χ4v) is 1.40. The molecule has 3 rings (SSSR count). The zero-order chi connectivity index (χ0) is 13.1. The Hall–Kier alpha value is -1.18. The van der Waals surface area contributed by atoms with Crippen LogP contribution in [0, 0.1) is 0 Å². The SMILES string of the molecule is C(OCC1CO1)C1CO1.CN1CC(=O)N(C)C1=O. The molecule has 0 bridgehead atoms. The molecule has 0 N–H and O–H groups in total. The first kappa shape index (κ1) is 13.3. The maximum absolute atomic E-state index is 10.7. The van der Waals surface area contributed by atoms with Crippen LogP contribution in [0.15, 0.2) is 0 Å². The molecule has 0 spiro atoms. The van der Waals surface area contributed by atoms with Crippen LogP contribution in [-0.4, -0.2) is 81.0 Å². The van der Waals surface area contributed by atoms with Gasteiger partial charge in [-0.15, -0.1) is 0 Å². The molecule has 2 atom stereocenters. The summed E-state index contributed by atoms with van der Waals surface area (Å²) in [6, 6.07) is -0.222. The number of epoxide rings is 2. The van der Waals surface area contributed by atoms with Crippen molar-refractivity contribution in [2.45, 2.75) is 12.2 Å². The highest BCUT2D eigenvalue weighted by Gasteiger charge is 2.29. The molecule has 3 fully saturated rings. The van der Waals surface area contributed by atoms with Gasteiger partial charge in [0.15, 0.2) is 0 Å². The van der Waals surface area contributed by atoms with Crippen molar-refractivity contribution in [1.82, 2.24) is 9.80 Å². The van der Waals surface area contributed by atoms with E-state index >= 15 is 0 Å². The van der Waals surface area contributed by atoms with Crippen LogP contribution in [0.5, 0.6) is 0 Å². The molecule has 3 heterocycles. The maximum atomic E-state index is 10.7.